The summed E-state index contributed by atoms with van der Waals surface area (Å²) in [5, 5.41) is 0. The Labute approximate surface area is 94.8 Å². The molecule has 0 amide bonds. The van der Waals surface area contributed by atoms with Crippen molar-refractivity contribution in [3.63, 3.8) is 0 Å². The molecular weight excluding hydrogens is 204 g/mol. The van der Waals surface area contributed by atoms with Crippen LogP contribution >= 0.6 is 0 Å². The summed E-state index contributed by atoms with van der Waals surface area (Å²) in [7, 11) is 0. The van der Waals surface area contributed by atoms with Crippen LogP contribution in [0.4, 0.5) is 0 Å². The van der Waals surface area contributed by atoms with Crippen molar-refractivity contribution in [1.29, 1.82) is 0 Å². The molecule has 0 N–H and O–H groups in total. The minimum Gasteiger partial charge on any atom is -0.461 e. The molecule has 0 saturated heterocycles. The van der Waals surface area contributed by atoms with Gasteiger partial charge in [-0.05, 0) is 25.0 Å². The third-order valence-corrected chi connectivity index (χ3v) is 3.19. The van der Waals surface area contributed by atoms with Gasteiger partial charge in [0, 0.05) is 5.92 Å². The maximum Gasteiger partial charge on any atom is 0.205 e. The fourth-order valence-corrected chi connectivity index (χ4v) is 2.25. The standard InChI is InChI=1S/C13H16O3/c14-11(10-5-2-1-3-6-10)9-12(15)13-7-4-8-16-13/h4,7-8,10H,1-3,5-6,9H2. The van der Waals surface area contributed by atoms with Crippen LogP contribution in [0.5, 0.6) is 0 Å². The predicted molar refractivity (Wildman–Crippen MR) is 59.2 cm³/mol. The highest BCUT2D eigenvalue weighted by molar-refractivity contribution is 6.07. The van der Waals surface area contributed by atoms with Crippen LogP contribution in [0, 0.1) is 5.92 Å². The van der Waals surface area contributed by atoms with Crippen LogP contribution in [0.1, 0.15) is 49.1 Å². The van der Waals surface area contributed by atoms with E-state index in [4.69, 9.17) is 4.42 Å². The lowest BCUT2D eigenvalue weighted by Crippen LogP contribution is -2.20. The van der Waals surface area contributed by atoms with Crippen molar-refractivity contribution < 1.29 is 14.0 Å². The second kappa shape index (κ2) is 5.10. The first-order chi connectivity index (χ1) is 7.77. The number of hydrogen-bond donors (Lipinski definition) is 0. The lowest BCUT2D eigenvalue weighted by Gasteiger charge is -2.19. The van der Waals surface area contributed by atoms with E-state index in [1.54, 1.807) is 12.1 Å². The van der Waals surface area contributed by atoms with E-state index in [2.05, 4.69) is 0 Å². The maximum absolute atomic E-state index is 11.8. The van der Waals surface area contributed by atoms with Gasteiger partial charge in [-0.15, -0.1) is 0 Å². The average Bonchev–Trinajstić information content (AvgIpc) is 2.83. The highest BCUT2D eigenvalue weighted by Gasteiger charge is 2.24. The molecular formula is C13H16O3. The first kappa shape index (κ1) is 11.1. The van der Waals surface area contributed by atoms with Gasteiger partial charge in [-0.2, -0.15) is 0 Å². The number of carbonyl (C=O) groups excluding carboxylic acids is 2. The zero-order chi connectivity index (χ0) is 11.4. The lowest BCUT2D eigenvalue weighted by atomic mass is 9.84. The Bertz CT molecular complexity index is 359. The summed E-state index contributed by atoms with van der Waals surface area (Å²) >= 11 is 0. The number of rotatable bonds is 4. The molecule has 0 bridgehead atoms. The Kier molecular flexibility index (Phi) is 3.54. The first-order valence-electron chi connectivity index (χ1n) is 5.87. The quantitative estimate of drug-likeness (QED) is 0.579. The molecule has 16 heavy (non-hydrogen) atoms. The minimum atomic E-state index is -0.194. The maximum atomic E-state index is 11.8. The number of Topliss-reactive ketones (excluding diaryl/α,β-unsaturated/α-hetero) is 2. The molecule has 0 aromatic carbocycles. The summed E-state index contributed by atoms with van der Waals surface area (Å²) in [5.41, 5.74) is 0. The fourth-order valence-electron chi connectivity index (χ4n) is 2.25. The minimum absolute atomic E-state index is 0.00181. The van der Waals surface area contributed by atoms with Crippen molar-refractivity contribution in [3.8, 4) is 0 Å². The molecule has 1 fully saturated rings. The van der Waals surface area contributed by atoms with E-state index in [1.165, 1.54) is 12.7 Å². The summed E-state index contributed by atoms with van der Waals surface area (Å²) in [6.07, 6.45) is 6.80. The van der Waals surface area contributed by atoms with Crippen molar-refractivity contribution in [1.82, 2.24) is 0 Å². The van der Waals surface area contributed by atoms with E-state index in [1.807, 2.05) is 0 Å². The summed E-state index contributed by atoms with van der Waals surface area (Å²) in [5.74, 6) is 0.290. The number of hydrogen-bond acceptors (Lipinski definition) is 3. The van der Waals surface area contributed by atoms with Crippen molar-refractivity contribution in [2.75, 3.05) is 0 Å². The molecule has 0 unspecified atom stereocenters. The molecule has 1 saturated carbocycles. The molecule has 3 heteroatoms. The molecule has 2 rings (SSSR count). The molecule has 0 atom stereocenters. The summed E-state index contributed by atoms with van der Waals surface area (Å²) in [6.45, 7) is 0. The third-order valence-electron chi connectivity index (χ3n) is 3.19. The molecule has 0 spiro atoms. The Morgan fingerprint density at radius 3 is 2.62 bits per heavy atom. The van der Waals surface area contributed by atoms with E-state index in [0.29, 0.717) is 5.76 Å². The molecule has 1 aliphatic carbocycles. The number of furan rings is 1. The third kappa shape index (κ3) is 2.60. The van der Waals surface area contributed by atoms with Crippen LogP contribution in [0.3, 0.4) is 0 Å². The first-order valence-corrected chi connectivity index (χ1v) is 5.87. The van der Waals surface area contributed by atoms with Gasteiger partial charge in [-0.3, -0.25) is 9.59 Å². The van der Waals surface area contributed by atoms with Gasteiger partial charge >= 0.3 is 0 Å². The normalized spacial score (nSPS) is 17.2. The van der Waals surface area contributed by atoms with Crippen LogP contribution in [-0.4, -0.2) is 11.6 Å². The van der Waals surface area contributed by atoms with Gasteiger partial charge in [0.2, 0.25) is 5.78 Å². The summed E-state index contributed by atoms with van der Waals surface area (Å²) < 4.78 is 4.98. The molecule has 0 radical (unpaired) electrons. The summed E-state index contributed by atoms with van der Waals surface area (Å²) in [4.78, 5) is 23.5. The Morgan fingerprint density at radius 2 is 2.00 bits per heavy atom. The van der Waals surface area contributed by atoms with Crippen molar-refractivity contribution >= 4 is 11.6 Å². The average molecular weight is 220 g/mol. The zero-order valence-corrected chi connectivity index (χ0v) is 9.28. The van der Waals surface area contributed by atoms with Crippen LogP contribution in [0.2, 0.25) is 0 Å². The van der Waals surface area contributed by atoms with Gasteiger partial charge in [0.15, 0.2) is 5.76 Å². The smallest absolute Gasteiger partial charge is 0.205 e. The summed E-state index contributed by atoms with van der Waals surface area (Å²) in [6, 6.07) is 3.27. The van der Waals surface area contributed by atoms with Crippen LogP contribution in [0.15, 0.2) is 22.8 Å². The fraction of sp³-hybridized carbons (Fsp3) is 0.538. The molecule has 86 valence electrons. The highest BCUT2D eigenvalue weighted by Crippen LogP contribution is 2.25. The van der Waals surface area contributed by atoms with Gasteiger partial charge in [0.05, 0.1) is 12.7 Å². The lowest BCUT2D eigenvalue weighted by molar-refractivity contribution is -0.122. The Hall–Kier alpha value is -1.38. The molecule has 1 aromatic heterocycles. The van der Waals surface area contributed by atoms with E-state index in [9.17, 15) is 9.59 Å². The van der Waals surface area contributed by atoms with Crippen LogP contribution in [0.25, 0.3) is 0 Å². The number of ketones is 2. The second-order valence-electron chi connectivity index (χ2n) is 4.38. The molecule has 3 nitrogen and oxygen atoms in total. The van der Waals surface area contributed by atoms with Crippen molar-refractivity contribution in [2.24, 2.45) is 5.92 Å². The van der Waals surface area contributed by atoms with E-state index in [0.717, 1.165) is 25.7 Å². The predicted octanol–water partition coefficient (Wildman–Crippen LogP) is 3.00. The van der Waals surface area contributed by atoms with E-state index < -0.39 is 0 Å². The second-order valence-corrected chi connectivity index (χ2v) is 4.38. The van der Waals surface area contributed by atoms with Gasteiger partial charge in [-0.25, -0.2) is 0 Å². The Balaban J connectivity index is 1.89. The SMILES string of the molecule is O=C(CC(=O)C1CCCCC1)c1ccco1. The zero-order valence-electron chi connectivity index (χ0n) is 9.28. The van der Waals surface area contributed by atoms with Gasteiger partial charge in [0.25, 0.3) is 0 Å². The molecule has 1 aromatic rings. The van der Waals surface area contributed by atoms with Gasteiger partial charge < -0.3 is 4.42 Å². The molecule has 0 aliphatic heterocycles. The Morgan fingerprint density at radius 1 is 1.25 bits per heavy atom. The monoisotopic (exact) mass is 220 g/mol. The van der Waals surface area contributed by atoms with Gasteiger partial charge in [-0.1, -0.05) is 19.3 Å². The van der Waals surface area contributed by atoms with Crippen molar-refractivity contribution in [2.45, 2.75) is 38.5 Å². The number of carbonyl (C=O) groups is 2. The highest BCUT2D eigenvalue weighted by atomic mass is 16.3. The van der Waals surface area contributed by atoms with E-state index in [-0.39, 0.29) is 23.9 Å². The topological polar surface area (TPSA) is 47.3 Å². The van der Waals surface area contributed by atoms with Gasteiger partial charge in [0.1, 0.15) is 5.78 Å². The van der Waals surface area contributed by atoms with Crippen LogP contribution in [-0.2, 0) is 4.79 Å². The molecule has 1 heterocycles. The van der Waals surface area contributed by atoms with Crippen LogP contribution < -0.4 is 0 Å². The van der Waals surface area contributed by atoms with Crippen molar-refractivity contribution in [3.05, 3.63) is 24.2 Å². The van der Waals surface area contributed by atoms with E-state index >= 15 is 0 Å². The molecule has 1 aliphatic rings. The largest absolute Gasteiger partial charge is 0.461 e.